The van der Waals surface area contributed by atoms with Crippen LogP contribution in [-0.4, -0.2) is 27.7 Å². The predicted octanol–water partition coefficient (Wildman–Crippen LogP) is -0.447. The van der Waals surface area contributed by atoms with Crippen molar-refractivity contribution in [3.8, 4) is 0 Å². The number of aliphatic hydroxyl groups is 1. The summed E-state index contributed by atoms with van der Waals surface area (Å²) in [5.74, 6) is -0.377. The van der Waals surface area contributed by atoms with Gasteiger partial charge in [-0.2, -0.15) is 0 Å². The Hall–Kier alpha value is -1.23. The van der Waals surface area contributed by atoms with Gasteiger partial charge in [0.05, 0.1) is 0 Å². The summed E-state index contributed by atoms with van der Waals surface area (Å²) in [6.45, 7) is 0.975. The first-order valence-corrected chi connectivity index (χ1v) is 2.68. The lowest BCUT2D eigenvalue weighted by Crippen LogP contribution is -2.04. The summed E-state index contributed by atoms with van der Waals surface area (Å²) in [5, 5.41) is 15.1. The van der Waals surface area contributed by atoms with Crippen LogP contribution in [0, 0.1) is 6.92 Å². The third kappa shape index (κ3) is 1.19. The minimum absolute atomic E-state index is 0.139. The number of rotatable bonds is 2. The van der Waals surface area contributed by atoms with Gasteiger partial charge in [-0.1, -0.05) is 0 Å². The van der Waals surface area contributed by atoms with Gasteiger partial charge in [-0.05, 0) is 0 Å². The van der Waals surface area contributed by atoms with E-state index in [9.17, 15) is 4.79 Å². The Morgan fingerprint density at radius 3 is 2.80 bits per heavy atom. The molecule has 0 bridgehead atoms. The van der Waals surface area contributed by atoms with E-state index in [4.69, 9.17) is 9.52 Å². The van der Waals surface area contributed by atoms with Crippen molar-refractivity contribution in [1.29, 1.82) is 0 Å². The number of Topliss-reactive ketones (excluding diaryl/α,β-unsaturated/α-hetero) is 1. The van der Waals surface area contributed by atoms with Crippen LogP contribution in [0.3, 0.4) is 0 Å². The Morgan fingerprint density at radius 1 is 1.70 bits per heavy atom. The van der Waals surface area contributed by atoms with Crippen LogP contribution in [0.15, 0.2) is 4.42 Å². The maximum Gasteiger partial charge on any atom is 0.286 e. The summed E-state index contributed by atoms with van der Waals surface area (Å²) < 4.78 is 4.70. The molecule has 1 rings (SSSR count). The molecule has 5 heteroatoms. The molecule has 0 atom stereocenters. The molecule has 5 nitrogen and oxygen atoms in total. The van der Waals surface area contributed by atoms with E-state index in [1.165, 1.54) is 0 Å². The highest BCUT2D eigenvalue weighted by Gasteiger charge is 2.10. The number of carbonyl (C=O) groups is 1. The molecular formula is C5H6N2O3. The number of hydrogen-bond donors (Lipinski definition) is 1. The molecule has 1 aromatic rings. The van der Waals surface area contributed by atoms with Crippen molar-refractivity contribution in [2.45, 2.75) is 6.92 Å². The topological polar surface area (TPSA) is 76.2 Å². The molecule has 0 spiro atoms. The van der Waals surface area contributed by atoms with Crippen LogP contribution in [0.25, 0.3) is 0 Å². The number of hydrogen-bond acceptors (Lipinski definition) is 5. The lowest BCUT2D eigenvalue weighted by atomic mass is 10.4. The van der Waals surface area contributed by atoms with Gasteiger partial charge in [-0.25, -0.2) is 0 Å². The van der Waals surface area contributed by atoms with Gasteiger partial charge in [0.2, 0.25) is 11.7 Å². The Bertz CT molecular complexity index is 243. The van der Waals surface area contributed by atoms with Crippen LogP contribution < -0.4 is 0 Å². The maximum atomic E-state index is 10.6. The molecule has 0 radical (unpaired) electrons. The van der Waals surface area contributed by atoms with Crippen molar-refractivity contribution in [3.63, 3.8) is 0 Å². The summed E-state index contributed by atoms with van der Waals surface area (Å²) >= 11 is 0. The minimum atomic E-state index is -0.596. The Balaban J connectivity index is 2.85. The maximum absolute atomic E-state index is 10.6. The number of aryl methyl sites for hydroxylation is 1. The van der Waals surface area contributed by atoms with Gasteiger partial charge < -0.3 is 9.52 Å². The third-order valence-electron chi connectivity index (χ3n) is 0.908. The zero-order valence-electron chi connectivity index (χ0n) is 5.37. The fourth-order valence-corrected chi connectivity index (χ4v) is 0.477. The largest absolute Gasteiger partial charge is 0.419 e. The Kier molecular flexibility index (Phi) is 1.77. The summed E-state index contributed by atoms with van der Waals surface area (Å²) in [6, 6.07) is 0. The number of ketones is 1. The second-order valence-electron chi connectivity index (χ2n) is 1.71. The molecule has 0 unspecified atom stereocenters. The summed E-state index contributed by atoms with van der Waals surface area (Å²) in [4.78, 5) is 10.6. The van der Waals surface area contributed by atoms with Crippen molar-refractivity contribution in [3.05, 3.63) is 11.8 Å². The van der Waals surface area contributed by atoms with Crippen molar-refractivity contribution in [2.75, 3.05) is 6.61 Å². The zero-order valence-corrected chi connectivity index (χ0v) is 5.37. The summed E-state index contributed by atoms with van der Waals surface area (Å²) in [7, 11) is 0. The summed E-state index contributed by atoms with van der Waals surface area (Å²) in [5.41, 5.74) is 0. The average molecular weight is 142 g/mol. The second kappa shape index (κ2) is 2.57. The van der Waals surface area contributed by atoms with Crippen molar-refractivity contribution in [2.24, 2.45) is 0 Å². The van der Waals surface area contributed by atoms with Crippen LogP contribution in [0.5, 0.6) is 0 Å². The smallest absolute Gasteiger partial charge is 0.286 e. The van der Waals surface area contributed by atoms with E-state index < -0.39 is 12.4 Å². The fraction of sp³-hybridized carbons (Fsp3) is 0.400. The molecule has 0 fully saturated rings. The van der Waals surface area contributed by atoms with Crippen LogP contribution in [-0.2, 0) is 0 Å². The van der Waals surface area contributed by atoms with Gasteiger partial charge >= 0.3 is 0 Å². The lowest BCUT2D eigenvalue weighted by molar-refractivity contribution is 0.0867. The highest BCUT2D eigenvalue weighted by atomic mass is 16.4. The van der Waals surface area contributed by atoms with Crippen LogP contribution >= 0.6 is 0 Å². The van der Waals surface area contributed by atoms with Gasteiger partial charge in [-0.15, -0.1) is 10.2 Å². The first-order valence-electron chi connectivity index (χ1n) is 2.68. The van der Waals surface area contributed by atoms with E-state index in [0.717, 1.165) is 0 Å². The normalized spacial score (nSPS) is 9.80. The van der Waals surface area contributed by atoms with Crippen molar-refractivity contribution in [1.82, 2.24) is 10.2 Å². The molecule has 0 aliphatic heterocycles. The van der Waals surface area contributed by atoms with Crippen molar-refractivity contribution >= 4 is 5.78 Å². The molecule has 0 aromatic carbocycles. The predicted molar refractivity (Wildman–Crippen MR) is 30.5 cm³/mol. The third-order valence-corrected chi connectivity index (χ3v) is 0.908. The lowest BCUT2D eigenvalue weighted by Gasteiger charge is -1.83. The van der Waals surface area contributed by atoms with Crippen LogP contribution in [0.2, 0.25) is 0 Å². The first-order chi connectivity index (χ1) is 4.74. The standard InChI is InChI=1S/C5H6N2O3/c1-3-6-7-5(10-3)4(9)2-8/h8H,2H2,1H3. The first kappa shape index (κ1) is 6.88. The quantitative estimate of drug-likeness (QED) is 0.566. The van der Waals surface area contributed by atoms with Gasteiger partial charge in [0, 0.05) is 6.92 Å². The summed E-state index contributed by atoms with van der Waals surface area (Å²) in [6.07, 6.45) is 0. The van der Waals surface area contributed by atoms with Gasteiger partial charge in [0.15, 0.2) is 0 Å². The van der Waals surface area contributed by atoms with E-state index in [0.29, 0.717) is 5.89 Å². The molecule has 1 aromatic heterocycles. The van der Waals surface area contributed by atoms with E-state index >= 15 is 0 Å². The van der Waals surface area contributed by atoms with Crippen LogP contribution in [0.1, 0.15) is 16.6 Å². The van der Waals surface area contributed by atoms with Crippen LogP contribution in [0.4, 0.5) is 0 Å². The van der Waals surface area contributed by atoms with Crippen molar-refractivity contribution < 1.29 is 14.3 Å². The number of aromatic nitrogens is 2. The second-order valence-corrected chi connectivity index (χ2v) is 1.71. The molecule has 0 saturated heterocycles. The highest BCUT2D eigenvalue weighted by Crippen LogP contribution is 1.97. The fourth-order valence-electron chi connectivity index (χ4n) is 0.477. The molecule has 54 valence electrons. The van der Waals surface area contributed by atoms with Gasteiger partial charge in [0.25, 0.3) is 5.89 Å². The number of aliphatic hydroxyl groups excluding tert-OH is 1. The molecule has 1 N–H and O–H groups in total. The SMILES string of the molecule is Cc1nnc(C(=O)CO)o1. The molecule has 0 aliphatic rings. The van der Waals surface area contributed by atoms with E-state index in [1.54, 1.807) is 6.92 Å². The van der Waals surface area contributed by atoms with E-state index in [2.05, 4.69) is 10.2 Å². The molecule has 10 heavy (non-hydrogen) atoms. The average Bonchev–Trinajstić information content (AvgIpc) is 2.34. The number of nitrogens with zero attached hydrogens (tertiary/aromatic N) is 2. The molecular weight excluding hydrogens is 136 g/mol. The molecule has 0 saturated carbocycles. The van der Waals surface area contributed by atoms with Gasteiger partial charge in [-0.3, -0.25) is 4.79 Å². The Morgan fingerprint density at radius 2 is 2.40 bits per heavy atom. The molecule has 0 aliphatic carbocycles. The highest BCUT2D eigenvalue weighted by molar-refractivity contribution is 5.92. The zero-order chi connectivity index (χ0) is 7.56. The van der Waals surface area contributed by atoms with Gasteiger partial charge in [0.1, 0.15) is 6.61 Å². The monoisotopic (exact) mass is 142 g/mol. The van der Waals surface area contributed by atoms with E-state index in [-0.39, 0.29) is 5.89 Å². The molecule has 1 heterocycles. The minimum Gasteiger partial charge on any atom is -0.419 e. The number of carbonyl (C=O) groups excluding carboxylic acids is 1. The Labute approximate surface area is 56.7 Å². The molecule has 0 amide bonds. The van der Waals surface area contributed by atoms with E-state index in [1.807, 2.05) is 0 Å².